The minimum Gasteiger partial charge on any atom is -0.490 e. The number of nitrogens with one attached hydrogen (secondary N) is 1. The Morgan fingerprint density at radius 2 is 2.12 bits per heavy atom. The van der Waals surface area contributed by atoms with Gasteiger partial charge in [0.15, 0.2) is 5.82 Å². The van der Waals surface area contributed by atoms with Crippen LogP contribution in [0.4, 0.5) is 10.2 Å². The largest absolute Gasteiger partial charge is 0.490 e. The highest BCUT2D eigenvalue weighted by atomic mass is 35.5. The Kier molecular flexibility index (Phi) is 5.96. The van der Waals surface area contributed by atoms with E-state index in [2.05, 4.69) is 15.3 Å². The first kappa shape index (κ1) is 23.3. The minimum absolute atomic E-state index is 0.0991. The summed E-state index contributed by atoms with van der Waals surface area (Å²) in [5.41, 5.74) is 6.92. The molecule has 0 aliphatic heterocycles. The van der Waals surface area contributed by atoms with E-state index in [4.69, 9.17) is 22.1 Å². The number of anilines is 1. The number of ether oxygens (including phenoxy) is 1. The van der Waals surface area contributed by atoms with Crippen molar-refractivity contribution in [3.8, 4) is 5.75 Å². The summed E-state index contributed by atoms with van der Waals surface area (Å²) in [4.78, 5) is 22.0. The Morgan fingerprint density at radius 1 is 1.42 bits per heavy atom. The molecule has 8 nitrogen and oxygen atoms in total. The third-order valence-corrected chi connectivity index (χ3v) is 6.23. The van der Waals surface area contributed by atoms with E-state index in [0.717, 1.165) is 0 Å². The van der Waals surface area contributed by atoms with Crippen LogP contribution in [0.15, 0.2) is 18.5 Å². The molecule has 10 heteroatoms. The van der Waals surface area contributed by atoms with Gasteiger partial charge in [-0.3, -0.25) is 9.20 Å². The number of fused-ring (bicyclic) bond motifs is 1. The molecule has 4 N–H and O–H groups in total. The third kappa shape index (κ3) is 4.11. The van der Waals surface area contributed by atoms with Crippen LogP contribution in [0.3, 0.4) is 0 Å². The predicted molar refractivity (Wildman–Crippen MR) is 123 cm³/mol. The molecule has 176 valence electrons. The number of nitrogens with two attached hydrogens (primary N) is 1. The van der Waals surface area contributed by atoms with Crippen molar-refractivity contribution >= 4 is 28.8 Å². The number of imidazole rings is 1. The molecule has 4 rings (SSSR count). The summed E-state index contributed by atoms with van der Waals surface area (Å²) in [5.74, 6) is -0.916. The normalized spacial score (nSPS) is 15.6. The number of hydrogen-bond donors (Lipinski definition) is 3. The van der Waals surface area contributed by atoms with Gasteiger partial charge in [-0.15, -0.1) is 0 Å². The number of aryl methyl sites for hydroxylation is 1. The monoisotopic (exact) mass is 475 g/mol. The van der Waals surface area contributed by atoms with Crippen LogP contribution in [-0.2, 0) is 0 Å². The molecule has 0 unspecified atom stereocenters. The SMILES string of the molecule is Cc1nc([C@@H](C)c2cc(Cl)c(F)c(C(=O)NC3(CO)CC3)c2OC(C)C)n2ccnc(N)c12. The summed E-state index contributed by atoms with van der Waals surface area (Å²) < 4.78 is 23.1. The number of halogens is 2. The maximum Gasteiger partial charge on any atom is 0.258 e. The van der Waals surface area contributed by atoms with E-state index in [-0.39, 0.29) is 29.0 Å². The average Bonchev–Trinajstić information content (AvgIpc) is 3.44. The number of nitrogen functional groups attached to an aromatic ring is 1. The molecule has 2 aromatic heterocycles. The molecule has 1 amide bonds. The Labute approximate surface area is 195 Å². The second-order valence-electron chi connectivity index (χ2n) is 8.83. The van der Waals surface area contributed by atoms with Gasteiger partial charge in [0.1, 0.15) is 28.5 Å². The summed E-state index contributed by atoms with van der Waals surface area (Å²) >= 11 is 6.26. The fourth-order valence-corrected chi connectivity index (χ4v) is 4.22. The van der Waals surface area contributed by atoms with E-state index in [0.29, 0.717) is 41.3 Å². The molecule has 33 heavy (non-hydrogen) atoms. The number of benzene rings is 1. The van der Waals surface area contributed by atoms with E-state index < -0.39 is 23.2 Å². The molecule has 1 fully saturated rings. The highest BCUT2D eigenvalue weighted by molar-refractivity contribution is 6.31. The van der Waals surface area contributed by atoms with Gasteiger partial charge in [-0.1, -0.05) is 18.5 Å². The molecular weight excluding hydrogens is 449 g/mol. The Balaban J connectivity index is 1.89. The second-order valence-corrected chi connectivity index (χ2v) is 9.24. The molecule has 0 spiro atoms. The molecule has 0 radical (unpaired) electrons. The van der Waals surface area contributed by atoms with Crippen molar-refractivity contribution < 1.29 is 19.0 Å². The smallest absolute Gasteiger partial charge is 0.258 e. The van der Waals surface area contributed by atoms with Crippen LogP contribution in [0, 0.1) is 12.7 Å². The lowest BCUT2D eigenvalue weighted by Gasteiger charge is -2.23. The van der Waals surface area contributed by atoms with Crippen molar-refractivity contribution in [1.29, 1.82) is 0 Å². The maximum atomic E-state index is 15.2. The first-order valence-corrected chi connectivity index (χ1v) is 11.2. The van der Waals surface area contributed by atoms with Gasteiger partial charge in [-0.2, -0.15) is 0 Å². The Bertz CT molecular complexity index is 1240. The minimum atomic E-state index is -0.868. The fraction of sp³-hybridized carbons (Fsp3) is 0.435. The summed E-state index contributed by atoms with van der Waals surface area (Å²) in [6.07, 6.45) is 4.23. The van der Waals surface area contributed by atoms with Crippen molar-refractivity contribution in [2.75, 3.05) is 12.3 Å². The van der Waals surface area contributed by atoms with E-state index in [1.807, 2.05) is 18.2 Å². The van der Waals surface area contributed by atoms with Gasteiger partial charge in [0.25, 0.3) is 5.91 Å². The van der Waals surface area contributed by atoms with Gasteiger partial charge < -0.3 is 20.9 Å². The van der Waals surface area contributed by atoms with E-state index in [1.165, 1.54) is 6.07 Å². The lowest BCUT2D eigenvalue weighted by Crippen LogP contribution is -2.40. The molecule has 1 atom stereocenters. The predicted octanol–water partition coefficient (Wildman–Crippen LogP) is 3.61. The van der Waals surface area contributed by atoms with Crippen LogP contribution in [0.25, 0.3) is 5.52 Å². The molecule has 2 heterocycles. The molecule has 1 saturated carbocycles. The number of carbonyl (C=O) groups is 1. The van der Waals surface area contributed by atoms with Gasteiger partial charge in [-0.05, 0) is 39.7 Å². The van der Waals surface area contributed by atoms with Gasteiger partial charge in [0.05, 0.1) is 29.0 Å². The lowest BCUT2D eigenvalue weighted by atomic mass is 9.95. The molecule has 1 aromatic carbocycles. The number of carbonyl (C=O) groups excluding carboxylic acids is 1. The maximum absolute atomic E-state index is 15.2. The van der Waals surface area contributed by atoms with E-state index >= 15 is 4.39 Å². The van der Waals surface area contributed by atoms with Crippen molar-refractivity contribution in [2.24, 2.45) is 0 Å². The number of aliphatic hydroxyl groups excluding tert-OH is 1. The number of aliphatic hydroxyl groups is 1. The van der Waals surface area contributed by atoms with Crippen LogP contribution in [-0.4, -0.2) is 43.6 Å². The first-order chi connectivity index (χ1) is 15.6. The van der Waals surface area contributed by atoms with Crippen LogP contribution in [0.1, 0.15) is 67.0 Å². The van der Waals surface area contributed by atoms with Crippen molar-refractivity contribution in [3.05, 3.63) is 51.9 Å². The standard InChI is InChI=1S/C23H27ClFN5O3/c1-11(2)33-19-14(12(3)21-28-13(4)18-20(26)27-7-8-30(18)21)9-15(24)17(25)16(19)22(32)29-23(10-31)5-6-23/h7-9,11-12,31H,5-6,10H2,1-4H3,(H2,26,27)(H,29,32)/t12-/m0/s1. The topological polar surface area (TPSA) is 115 Å². The second kappa shape index (κ2) is 8.46. The van der Waals surface area contributed by atoms with Gasteiger partial charge >= 0.3 is 0 Å². The quantitative estimate of drug-likeness (QED) is 0.481. The highest BCUT2D eigenvalue weighted by Crippen LogP contribution is 2.41. The summed E-state index contributed by atoms with van der Waals surface area (Å²) in [5, 5.41) is 12.2. The van der Waals surface area contributed by atoms with Gasteiger partial charge in [-0.25, -0.2) is 14.4 Å². The summed E-state index contributed by atoms with van der Waals surface area (Å²) in [6.45, 7) is 7.06. The van der Waals surface area contributed by atoms with E-state index in [1.54, 1.807) is 26.2 Å². The van der Waals surface area contributed by atoms with Crippen LogP contribution >= 0.6 is 11.6 Å². The van der Waals surface area contributed by atoms with Crippen LogP contribution in [0.2, 0.25) is 5.02 Å². The number of nitrogens with zero attached hydrogens (tertiary/aromatic N) is 3. The van der Waals surface area contributed by atoms with Crippen molar-refractivity contribution in [2.45, 2.75) is 58.1 Å². The molecule has 0 bridgehead atoms. The zero-order valence-corrected chi connectivity index (χ0v) is 19.7. The van der Waals surface area contributed by atoms with Crippen LogP contribution < -0.4 is 15.8 Å². The zero-order valence-electron chi connectivity index (χ0n) is 18.9. The highest BCUT2D eigenvalue weighted by Gasteiger charge is 2.44. The van der Waals surface area contributed by atoms with Crippen molar-refractivity contribution in [3.63, 3.8) is 0 Å². The van der Waals surface area contributed by atoms with Gasteiger partial charge in [0.2, 0.25) is 0 Å². The van der Waals surface area contributed by atoms with Crippen molar-refractivity contribution in [1.82, 2.24) is 19.7 Å². The summed E-state index contributed by atoms with van der Waals surface area (Å²) in [7, 11) is 0. The Hall–Kier alpha value is -2.91. The molecule has 3 aromatic rings. The van der Waals surface area contributed by atoms with Gasteiger partial charge in [0, 0.05) is 23.9 Å². The molecule has 0 saturated heterocycles. The Morgan fingerprint density at radius 3 is 2.73 bits per heavy atom. The third-order valence-electron chi connectivity index (χ3n) is 5.95. The van der Waals surface area contributed by atoms with E-state index in [9.17, 15) is 9.90 Å². The first-order valence-electron chi connectivity index (χ1n) is 10.8. The lowest BCUT2D eigenvalue weighted by molar-refractivity contribution is 0.0896. The number of rotatable bonds is 7. The summed E-state index contributed by atoms with van der Waals surface area (Å²) in [6, 6.07) is 1.47. The average molecular weight is 476 g/mol. The number of aromatic nitrogens is 3. The molecular formula is C23H27ClFN5O3. The van der Waals surface area contributed by atoms with Crippen LogP contribution in [0.5, 0.6) is 5.75 Å². The number of hydrogen-bond acceptors (Lipinski definition) is 6. The molecule has 1 aliphatic rings. The molecule has 1 aliphatic carbocycles. The fourth-order valence-electron chi connectivity index (χ4n) is 4.01. The number of amides is 1. The zero-order chi connectivity index (χ0) is 24.1.